The molecule has 6 nitrogen and oxygen atoms in total. The van der Waals surface area contributed by atoms with Gasteiger partial charge in [0.2, 0.25) is 10.0 Å². The number of carbonyl (C=O) groups excluding carboxylic acids is 1. The van der Waals surface area contributed by atoms with Gasteiger partial charge in [-0.25, -0.2) is 13.1 Å². The van der Waals surface area contributed by atoms with Crippen LogP contribution in [-0.4, -0.2) is 39.5 Å². The molecule has 128 valence electrons. The molecule has 3 rings (SSSR count). The number of aryl methyl sites for hydroxylation is 1. The van der Waals surface area contributed by atoms with E-state index in [1.807, 2.05) is 6.92 Å². The van der Waals surface area contributed by atoms with Gasteiger partial charge in [0.25, 0.3) is 5.91 Å². The molecule has 0 radical (unpaired) electrons. The molecule has 1 aliphatic heterocycles. The maximum atomic E-state index is 12.4. The molecule has 1 aromatic carbocycles. The summed E-state index contributed by atoms with van der Waals surface area (Å²) in [7, 11) is -3.54. The summed E-state index contributed by atoms with van der Waals surface area (Å²) in [6, 6.07) is 4.86. The SMILES string of the molecule is Cc1ccc(S(=O)(=O)NC2CC2)cc1C(=O)NC1CCNC1.Cl. The van der Waals surface area contributed by atoms with E-state index in [4.69, 9.17) is 0 Å². The van der Waals surface area contributed by atoms with Crippen molar-refractivity contribution in [3.63, 3.8) is 0 Å². The lowest BCUT2D eigenvalue weighted by Gasteiger charge is -2.14. The maximum absolute atomic E-state index is 12.4. The zero-order valence-corrected chi connectivity index (χ0v) is 14.6. The Balaban J connectivity index is 0.00000192. The molecule has 23 heavy (non-hydrogen) atoms. The van der Waals surface area contributed by atoms with E-state index in [0.717, 1.165) is 37.9 Å². The third-order valence-electron chi connectivity index (χ3n) is 4.06. The lowest BCUT2D eigenvalue weighted by Crippen LogP contribution is -2.36. The summed E-state index contributed by atoms with van der Waals surface area (Å²) >= 11 is 0. The number of rotatable bonds is 5. The normalized spacial score (nSPS) is 20.8. The van der Waals surface area contributed by atoms with E-state index in [1.165, 1.54) is 6.07 Å². The van der Waals surface area contributed by atoms with Crippen molar-refractivity contribution < 1.29 is 13.2 Å². The largest absolute Gasteiger partial charge is 0.348 e. The second-order valence-corrected chi connectivity index (χ2v) is 7.75. The van der Waals surface area contributed by atoms with Crippen LogP contribution in [0.4, 0.5) is 0 Å². The van der Waals surface area contributed by atoms with Crippen molar-refractivity contribution in [1.29, 1.82) is 0 Å². The molecule has 3 N–H and O–H groups in total. The van der Waals surface area contributed by atoms with Crippen molar-refractivity contribution in [2.24, 2.45) is 0 Å². The predicted molar refractivity (Wildman–Crippen MR) is 90.5 cm³/mol. The summed E-state index contributed by atoms with van der Waals surface area (Å²) in [6.07, 6.45) is 2.66. The van der Waals surface area contributed by atoms with E-state index < -0.39 is 10.0 Å². The fraction of sp³-hybridized carbons (Fsp3) is 0.533. The second-order valence-electron chi connectivity index (χ2n) is 6.04. The van der Waals surface area contributed by atoms with Crippen LogP contribution in [0.3, 0.4) is 0 Å². The van der Waals surface area contributed by atoms with Gasteiger partial charge in [-0.05, 0) is 50.4 Å². The summed E-state index contributed by atoms with van der Waals surface area (Å²) in [4.78, 5) is 12.5. The van der Waals surface area contributed by atoms with Crippen molar-refractivity contribution in [2.45, 2.75) is 43.2 Å². The number of halogens is 1. The lowest BCUT2D eigenvalue weighted by atomic mass is 10.1. The first-order valence-electron chi connectivity index (χ1n) is 7.60. The Morgan fingerprint density at radius 1 is 1.22 bits per heavy atom. The minimum Gasteiger partial charge on any atom is -0.348 e. The van der Waals surface area contributed by atoms with Crippen LogP contribution >= 0.6 is 12.4 Å². The van der Waals surface area contributed by atoms with Crippen LogP contribution < -0.4 is 15.4 Å². The number of hydrogen-bond acceptors (Lipinski definition) is 4. The molecular weight excluding hydrogens is 338 g/mol. The third kappa shape index (κ3) is 4.44. The quantitative estimate of drug-likeness (QED) is 0.730. The number of sulfonamides is 1. The Morgan fingerprint density at radius 3 is 2.57 bits per heavy atom. The summed E-state index contributed by atoms with van der Waals surface area (Å²) < 4.78 is 27.2. The second kappa shape index (κ2) is 7.17. The smallest absolute Gasteiger partial charge is 0.251 e. The van der Waals surface area contributed by atoms with Gasteiger partial charge in [0.15, 0.2) is 0 Å². The van der Waals surface area contributed by atoms with Gasteiger partial charge >= 0.3 is 0 Å². The van der Waals surface area contributed by atoms with Crippen molar-refractivity contribution >= 4 is 28.3 Å². The average molecular weight is 360 g/mol. The molecule has 0 aromatic heterocycles. The Kier molecular flexibility index (Phi) is 5.67. The first-order chi connectivity index (χ1) is 10.5. The van der Waals surface area contributed by atoms with Gasteiger partial charge in [-0.1, -0.05) is 6.07 Å². The number of carbonyl (C=O) groups is 1. The number of hydrogen-bond donors (Lipinski definition) is 3. The molecule has 8 heteroatoms. The van der Waals surface area contributed by atoms with E-state index in [1.54, 1.807) is 12.1 Å². The van der Waals surface area contributed by atoms with E-state index >= 15 is 0 Å². The highest BCUT2D eigenvalue weighted by molar-refractivity contribution is 7.89. The highest BCUT2D eigenvalue weighted by atomic mass is 35.5. The fourth-order valence-electron chi connectivity index (χ4n) is 2.54. The van der Waals surface area contributed by atoms with Crippen molar-refractivity contribution in [2.75, 3.05) is 13.1 Å². The monoisotopic (exact) mass is 359 g/mol. The van der Waals surface area contributed by atoms with Crippen LogP contribution in [0.15, 0.2) is 23.1 Å². The van der Waals surface area contributed by atoms with Gasteiger partial charge in [-0.2, -0.15) is 0 Å². The molecule has 1 heterocycles. The molecular formula is C15H22ClN3O3S. The Labute approximate surface area is 142 Å². The molecule has 0 spiro atoms. The van der Waals surface area contributed by atoms with Crippen LogP contribution in [0.25, 0.3) is 0 Å². The van der Waals surface area contributed by atoms with Gasteiger partial charge in [0.1, 0.15) is 0 Å². The summed E-state index contributed by atoms with van der Waals surface area (Å²) in [5.74, 6) is -0.213. The van der Waals surface area contributed by atoms with Crippen LogP contribution in [0.5, 0.6) is 0 Å². The van der Waals surface area contributed by atoms with Gasteiger partial charge in [0.05, 0.1) is 4.90 Å². The summed E-state index contributed by atoms with van der Waals surface area (Å²) in [5.41, 5.74) is 1.19. The number of amides is 1. The molecule has 1 amide bonds. The van der Waals surface area contributed by atoms with Gasteiger partial charge in [-0.3, -0.25) is 4.79 Å². The standard InChI is InChI=1S/C15H21N3O3S.ClH/c1-10-2-5-13(22(20,21)18-11-3-4-11)8-14(10)15(19)17-12-6-7-16-9-12;/h2,5,8,11-12,16,18H,3-4,6-7,9H2,1H3,(H,17,19);1H. The molecule has 1 atom stereocenters. The van der Waals surface area contributed by atoms with E-state index in [2.05, 4.69) is 15.4 Å². The first kappa shape index (κ1) is 18.2. The maximum Gasteiger partial charge on any atom is 0.251 e. The van der Waals surface area contributed by atoms with E-state index in [9.17, 15) is 13.2 Å². The average Bonchev–Trinajstić information content (AvgIpc) is 3.11. The van der Waals surface area contributed by atoms with Crippen LogP contribution in [0.2, 0.25) is 0 Å². The number of nitrogens with one attached hydrogen (secondary N) is 3. The minimum atomic E-state index is -3.54. The molecule has 1 saturated carbocycles. The van der Waals surface area contributed by atoms with Crippen LogP contribution in [-0.2, 0) is 10.0 Å². The van der Waals surface area contributed by atoms with Crippen molar-refractivity contribution in [3.05, 3.63) is 29.3 Å². The van der Waals surface area contributed by atoms with Gasteiger partial charge in [0, 0.05) is 24.2 Å². The molecule has 1 aliphatic carbocycles. The van der Waals surface area contributed by atoms with E-state index in [-0.39, 0.29) is 35.3 Å². The lowest BCUT2D eigenvalue weighted by molar-refractivity contribution is 0.0939. The molecule has 1 saturated heterocycles. The summed E-state index contributed by atoms with van der Waals surface area (Å²) in [5, 5.41) is 6.14. The Bertz CT molecular complexity index is 683. The van der Waals surface area contributed by atoms with Crippen molar-refractivity contribution in [3.8, 4) is 0 Å². The highest BCUT2D eigenvalue weighted by Gasteiger charge is 2.28. The molecule has 2 fully saturated rings. The van der Waals surface area contributed by atoms with Crippen LogP contribution in [0.1, 0.15) is 35.2 Å². The van der Waals surface area contributed by atoms with Crippen LogP contribution in [0, 0.1) is 6.92 Å². The number of benzene rings is 1. The van der Waals surface area contributed by atoms with Gasteiger partial charge < -0.3 is 10.6 Å². The van der Waals surface area contributed by atoms with Crippen molar-refractivity contribution in [1.82, 2.24) is 15.4 Å². The Morgan fingerprint density at radius 2 is 1.96 bits per heavy atom. The molecule has 1 unspecified atom stereocenters. The molecule has 0 bridgehead atoms. The van der Waals surface area contributed by atoms with E-state index in [0.29, 0.717) is 5.56 Å². The topological polar surface area (TPSA) is 87.3 Å². The third-order valence-corrected chi connectivity index (χ3v) is 5.58. The Hall–Kier alpha value is -1.15. The predicted octanol–water partition coefficient (Wildman–Crippen LogP) is 0.949. The molecule has 2 aliphatic rings. The molecule has 1 aromatic rings. The minimum absolute atomic E-state index is 0. The zero-order valence-electron chi connectivity index (χ0n) is 13.0. The zero-order chi connectivity index (χ0) is 15.7. The summed E-state index contributed by atoms with van der Waals surface area (Å²) in [6.45, 7) is 3.46. The van der Waals surface area contributed by atoms with Gasteiger partial charge in [-0.15, -0.1) is 12.4 Å². The first-order valence-corrected chi connectivity index (χ1v) is 9.08. The highest BCUT2D eigenvalue weighted by Crippen LogP contribution is 2.23. The fourth-order valence-corrected chi connectivity index (χ4v) is 3.87.